The molecule has 0 fully saturated rings. The van der Waals surface area contributed by atoms with Gasteiger partial charge in [-0.2, -0.15) is 11.8 Å². The lowest BCUT2D eigenvalue weighted by molar-refractivity contribution is 1.08. The first-order valence-electron chi connectivity index (χ1n) is 6.10. The van der Waals surface area contributed by atoms with Crippen LogP contribution in [0.3, 0.4) is 0 Å². The predicted octanol–water partition coefficient (Wildman–Crippen LogP) is 2.81. The molecule has 0 aliphatic heterocycles. The van der Waals surface area contributed by atoms with Gasteiger partial charge in [-0.25, -0.2) is 10.8 Å². The summed E-state index contributed by atoms with van der Waals surface area (Å²) in [5, 5.41) is 0. The van der Waals surface area contributed by atoms with Crippen molar-refractivity contribution in [1.29, 1.82) is 0 Å². The molecule has 0 atom stereocenters. The zero-order valence-corrected chi connectivity index (χ0v) is 12.0. The number of nitrogens with two attached hydrogens (primary N) is 1. The number of hydrogen-bond acceptors (Lipinski definition) is 5. The van der Waals surface area contributed by atoms with E-state index in [1.165, 1.54) is 16.7 Å². The number of thioether (sulfide) groups is 1. The van der Waals surface area contributed by atoms with Gasteiger partial charge < -0.3 is 5.43 Å². The van der Waals surface area contributed by atoms with Gasteiger partial charge in [0.1, 0.15) is 0 Å². The van der Waals surface area contributed by atoms with E-state index in [1.54, 1.807) is 12.4 Å². The molecule has 100 valence electrons. The second-order valence-electron chi connectivity index (χ2n) is 4.53. The van der Waals surface area contributed by atoms with E-state index in [2.05, 4.69) is 47.4 Å². The average molecular weight is 274 g/mol. The fourth-order valence-electron chi connectivity index (χ4n) is 1.93. The summed E-state index contributed by atoms with van der Waals surface area (Å²) in [5.41, 5.74) is 7.42. The quantitative estimate of drug-likeness (QED) is 0.648. The highest BCUT2D eigenvalue weighted by atomic mass is 32.2. The monoisotopic (exact) mass is 274 g/mol. The zero-order valence-electron chi connectivity index (χ0n) is 11.2. The number of rotatable bonds is 5. The molecule has 1 aromatic heterocycles. The van der Waals surface area contributed by atoms with Crippen LogP contribution in [-0.4, -0.2) is 9.97 Å². The van der Waals surface area contributed by atoms with E-state index in [4.69, 9.17) is 5.84 Å². The molecular formula is C14H18N4S. The molecule has 3 N–H and O–H groups in total. The lowest BCUT2D eigenvalue weighted by Gasteiger charge is -2.05. The highest BCUT2D eigenvalue weighted by Gasteiger charge is 2.00. The van der Waals surface area contributed by atoms with Crippen LogP contribution in [0.1, 0.15) is 22.4 Å². The minimum absolute atomic E-state index is 0.586. The van der Waals surface area contributed by atoms with Gasteiger partial charge in [0, 0.05) is 11.5 Å². The lowest BCUT2D eigenvalue weighted by atomic mass is 10.1. The first-order chi connectivity index (χ1) is 9.17. The highest BCUT2D eigenvalue weighted by Crippen LogP contribution is 2.18. The molecule has 0 aliphatic carbocycles. The van der Waals surface area contributed by atoms with Crippen molar-refractivity contribution in [3.05, 3.63) is 53.0 Å². The lowest BCUT2D eigenvalue weighted by Crippen LogP contribution is -2.08. The molecule has 0 amide bonds. The van der Waals surface area contributed by atoms with E-state index in [0.29, 0.717) is 5.82 Å². The van der Waals surface area contributed by atoms with Crippen LogP contribution >= 0.6 is 11.8 Å². The van der Waals surface area contributed by atoms with Crippen molar-refractivity contribution < 1.29 is 0 Å². The maximum atomic E-state index is 5.25. The number of hydrogen-bond donors (Lipinski definition) is 2. The van der Waals surface area contributed by atoms with E-state index in [-0.39, 0.29) is 0 Å². The zero-order chi connectivity index (χ0) is 13.7. The topological polar surface area (TPSA) is 63.8 Å². The summed E-state index contributed by atoms with van der Waals surface area (Å²) >= 11 is 1.84. The Morgan fingerprint density at radius 3 is 2.37 bits per heavy atom. The van der Waals surface area contributed by atoms with Crippen molar-refractivity contribution in [3.8, 4) is 0 Å². The van der Waals surface area contributed by atoms with Crippen LogP contribution in [-0.2, 0) is 11.5 Å². The molecule has 2 rings (SSSR count). The van der Waals surface area contributed by atoms with E-state index < -0.39 is 0 Å². The van der Waals surface area contributed by atoms with Crippen LogP contribution in [0, 0.1) is 13.8 Å². The van der Waals surface area contributed by atoms with Crippen LogP contribution < -0.4 is 11.3 Å². The summed E-state index contributed by atoms with van der Waals surface area (Å²) in [6.45, 7) is 4.26. The van der Waals surface area contributed by atoms with Gasteiger partial charge in [-0.3, -0.25) is 4.98 Å². The fourth-order valence-corrected chi connectivity index (χ4v) is 2.79. The molecule has 4 nitrogen and oxygen atoms in total. The van der Waals surface area contributed by atoms with Gasteiger partial charge in [-0.1, -0.05) is 29.3 Å². The number of nitrogens with zero attached hydrogens (tertiary/aromatic N) is 2. The molecule has 0 spiro atoms. The van der Waals surface area contributed by atoms with Crippen LogP contribution in [0.4, 0.5) is 5.82 Å². The standard InChI is InChI=1S/C14H18N4S/c1-10-3-11(2)5-12(4-10)8-19-9-13-6-17-14(18-15)7-16-13/h3-7H,8-9,15H2,1-2H3,(H,17,18). The molecule has 1 aromatic carbocycles. The number of anilines is 1. The second kappa shape index (κ2) is 6.54. The summed E-state index contributed by atoms with van der Waals surface area (Å²) in [4.78, 5) is 8.43. The molecular weight excluding hydrogens is 256 g/mol. The second-order valence-corrected chi connectivity index (χ2v) is 5.51. The van der Waals surface area contributed by atoms with Crippen LogP contribution in [0.2, 0.25) is 0 Å². The molecule has 0 bridgehead atoms. The Morgan fingerprint density at radius 1 is 1.05 bits per heavy atom. The van der Waals surface area contributed by atoms with Gasteiger partial charge in [0.15, 0.2) is 5.82 Å². The third-order valence-corrected chi connectivity index (χ3v) is 3.69. The smallest absolute Gasteiger partial charge is 0.158 e. The van der Waals surface area contributed by atoms with Gasteiger partial charge in [0.05, 0.1) is 18.1 Å². The maximum Gasteiger partial charge on any atom is 0.158 e. The van der Waals surface area contributed by atoms with Crippen molar-refractivity contribution in [2.75, 3.05) is 5.43 Å². The summed E-state index contributed by atoms with van der Waals surface area (Å²) in [5.74, 6) is 7.67. The molecule has 0 aliphatic rings. The molecule has 5 heteroatoms. The van der Waals surface area contributed by atoms with Gasteiger partial charge >= 0.3 is 0 Å². The minimum atomic E-state index is 0.586. The Balaban J connectivity index is 1.88. The fraction of sp³-hybridized carbons (Fsp3) is 0.286. The number of benzene rings is 1. The van der Waals surface area contributed by atoms with Crippen molar-refractivity contribution in [2.45, 2.75) is 25.4 Å². The van der Waals surface area contributed by atoms with Crippen LogP contribution in [0.15, 0.2) is 30.6 Å². The number of aryl methyl sites for hydroxylation is 2. The Hall–Kier alpha value is -1.59. The summed E-state index contributed by atoms with van der Waals surface area (Å²) < 4.78 is 0. The Kier molecular flexibility index (Phi) is 4.76. The molecule has 0 saturated heterocycles. The van der Waals surface area contributed by atoms with Gasteiger partial charge in [-0.05, 0) is 19.4 Å². The molecule has 2 aromatic rings. The Bertz CT molecular complexity index is 519. The number of nitrogens with one attached hydrogen (secondary N) is 1. The number of nitrogen functional groups attached to an aromatic ring is 1. The first-order valence-corrected chi connectivity index (χ1v) is 7.25. The number of aromatic nitrogens is 2. The van der Waals surface area contributed by atoms with Crippen molar-refractivity contribution >= 4 is 17.6 Å². The van der Waals surface area contributed by atoms with E-state index in [9.17, 15) is 0 Å². The van der Waals surface area contributed by atoms with Crippen LogP contribution in [0.5, 0.6) is 0 Å². The largest absolute Gasteiger partial charge is 0.307 e. The van der Waals surface area contributed by atoms with Gasteiger partial charge in [0.25, 0.3) is 0 Å². The van der Waals surface area contributed by atoms with E-state index in [0.717, 1.165) is 17.2 Å². The Labute approximate surface area is 117 Å². The van der Waals surface area contributed by atoms with Gasteiger partial charge in [-0.15, -0.1) is 0 Å². The molecule has 0 saturated carbocycles. The van der Waals surface area contributed by atoms with E-state index >= 15 is 0 Å². The molecule has 0 unspecified atom stereocenters. The number of hydrazine groups is 1. The molecule has 1 heterocycles. The maximum absolute atomic E-state index is 5.25. The third kappa shape index (κ3) is 4.22. The summed E-state index contributed by atoms with van der Waals surface area (Å²) in [6.07, 6.45) is 3.40. The van der Waals surface area contributed by atoms with Crippen LogP contribution in [0.25, 0.3) is 0 Å². The predicted molar refractivity (Wildman–Crippen MR) is 80.8 cm³/mol. The highest BCUT2D eigenvalue weighted by molar-refractivity contribution is 7.97. The van der Waals surface area contributed by atoms with Crippen molar-refractivity contribution in [3.63, 3.8) is 0 Å². The Morgan fingerprint density at radius 2 is 1.79 bits per heavy atom. The van der Waals surface area contributed by atoms with Gasteiger partial charge in [0.2, 0.25) is 0 Å². The molecule has 19 heavy (non-hydrogen) atoms. The van der Waals surface area contributed by atoms with Crippen molar-refractivity contribution in [2.24, 2.45) is 5.84 Å². The third-order valence-electron chi connectivity index (χ3n) is 2.65. The first kappa shape index (κ1) is 13.8. The average Bonchev–Trinajstić information content (AvgIpc) is 2.38. The summed E-state index contributed by atoms with van der Waals surface area (Å²) in [6, 6.07) is 6.65. The normalized spacial score (nSPS) is 10.5. The molecule has 0 radical (unpaired) electrons. The minimum Gasteiger partial charge on any atom is -0.307 e. The summed E-state index contributed by atoms with van der Waals surface area (Å²) in [7, 11) is 0. The van der Waals surface area contributed by atoms with E-state index in [1.807, 2.05) is 11.8 Å². The SMILES string of the molecule is Cc1cc(C)cc(CSCc2cnc(NN)cn2)c1. The van der Waals surface area contributed by atoms with Crippen molar-refractivity contribution in [1.82, 2.24) is 9.97 Å².